The first-order chi connectivity index (χ1) is 13.7. The monoisotopic (exact) mass is 418 g/mol. The van der Waals surface area contributed by atoms with E-state index in [-0.39, 0.29) is 23.8 Å². The van der Waals surface area contributed by atoms with Crippen LogP contribution in [0.25, 0.3) is 0 Å². The minimum absolute atomic E-state index is 0.0654. The van der Waals surface area contributed by atoms with Crippen LogP contribution < -0.4 is 9.04 Å². The number of benzene rings is 2. The van der Waals surface area contributed by atoms with Gasteiger partial charge in [0.15, 0.2) is 0 Å². The van der Waals surface area contributed by atoms with Crippen LogP contribution in [0, 0.1) is 13.8 Å². The third-order valence-corrected chi connectivity index (χ3v) is 6.89. The van der Waals surface area contributed by atoms with Gasteiger partial charge in [0.05, 0.1) is 17.7 Å². The molecule has 6 nitrogen and oxygen atoms in total. The van der Waals surface area contributed by atoms with Crippen molar-refractivity contribution in [3.05, 3.63) is 53.6 Å². The van der Waals surface area contributed by atoms with E-state index in [1.807, 2.05) is 26.8 Å². The fraction of sp³-hybridized carbons (Fsp3) is 0.409. The first-order valence-electron chi connectivity index (χ1n) is 9.76. The molecule has 0 unspecified atom stereocenters. The molecule has 0 atom stereocenters. The molecule has 0 heterocycles. The van der Waals surface area contributed by atoms with E-state index in [9.17, 15) is 13.2 Å². The predicted molar refractivity (Wildman–Crippen MR) is 116 cm³/mol. The zero-order valence-corrected chi connectivity index (χ0v) is 18.6. The van der Waals surface area contributed by atoms with Crippen molar-refractivity contribution in [1.82, 2.24) is 4.90 Å². The number of rotatable bonds is 9. The van der Waals surface area contributed by atoms with Gasteiger partial charge < -0.3 is 9.64 Å². The molecular weight excluding hydrogens is 388 g/mol. The summed E-state index contributed by atoms with van der Waals surface area (Å²) in [6.07, 6.45) is 0.109. The number of ether oxygens (including phenoxy) is 1. The molecule has 29 heavy (non-hydrogen) atoms. The molecule has 0 aliphatic rings. The maximum Gasteiger partial charge on any atom is 0.264 e. The molecule has 0 aliphatic heterocycles. The predicted octanol–water partition coefficient (Wildman–Crippen LogP) is 3.77. The topological polar surface area (TPSA) is 66.9 Å². The van der Waals surface area contributed by atoms with Gasteiger partial charge in [0, 0.05) is 26.1 Å². The number of methoxy groups -OCH3 is 1. The average Bonchev–Trinajstić information content (AvgIpc) is 2.69. The Balaban J connectivity index is 2.43. The number of aryl methyl sites for hydroxylation is 2. The maximum absolute atomic E-state index is 13.5. The minimum atomic E-state index is -3.83. The molecule has 0 saturated heterocycles. The highest BCUT2D eigenvalue weighted by atomic mass is 32.2. The van der Waals surface area contributed by atoms with Gasteiger partial charge in [-0.05, 0) is 63.6 Å². The average molecular weight is 419 g/mol. The molecule has 0 fully saturated rings. The lowest BCUT2D eigenvalue weighted by Crippen LogP contribution is -2.37. The summed E-state index contributed by atoms with van der Waals surface area (Å²) in [5.41, 5.74) is 2.17. The molecule has 0 aliphatic carbocycles. The Hall–Kier alpha value is -2.54. The molecule has 1 amide bonds. The van der Waals surface area contributed by atoms with E-state index >= 15 is 0 Å². The van der Waals surface area contributed by atoms with Crippen molar-refractivity contribution in [2.45, 2.75) is 39.0 Å². The first-order valence-corrected chi connectivity index (χ1v) is 11.2. The summed E-state index contributed by atoms with van der Waals surface area (Å²) in [6, 6.07) is 12.1. The number of carbonyl (C=O) groups excluding carboxylic acids is 1. The SMILES string of the molecule is CCN(CC)C(=O)CCN(c1ccc(OC)cc1)S(=O)(=O)c1ccc(C)cc1C. The molecule has 7 heteroatoms. The van der Waals surface area contributed by atoms with Crippen LogP contribution in [0.1, 0.15) is 31.4 Å². The van der Waals surface area contributed by atoms with Crippen LogP contribution >= 0.6 is 0 Å². The lowest BCUT2D eigenvalue weighted by Gasteiger charge is -2.27. The van der Waals surface area contributed by atoms with Crippen LogP contribution in [0.15, 0.2) is 47.4 Å². The zero-order chi connectivity index (χ0) is 21.6. The summed E-state index contributed by atoms with van der Waals surface area (Å²) in [6.45, 7) is 8.80. The molecule has 158 valence electrons. The molecule has 0 bridgehead atoms. The van der Waals surface area contributed by atoms with Gasteiger partial charge in [0.1, 0.15) is 5.75 Å². The number of anilines is 1. The van der Waals surface area contributed by atoms with Gasteiger partial charge >= 0.3 is 0 Å². The zero-order valence-electron chi connectivity index (χ0n) is 17.8. The van der Waals surface area contributed by atoms with Crippen LogP contribution in [-0.4, -0.2) is 46.0 Å². The number of amides is 1. The van der Waals surface area contributed by atoms with Gasteiger partial charge in [-0.1, -0.05) is 17.7 Å². The lowest BCUT2D eigenvalue weighted by atomic mass is 10.2. The van der Waals surface area contributed by atoms with Crippen molar-refractivity contribution in [3.8, 4) is 5.75 Å². The van der Waals surface area contributed by atoms with E-state index < -0.39 is 10.0 Å². The van der Waals surface area contributed by atoms with E-state index in [1.54, 1.807) is 55.3 Å². The van der Waals surface area contributed by atoms with Crippen LogP contribution in [0.2, 0.25) is 0 Å². The number of hydrogen-bond donors (Lipinski definition) is 0. The molecular formula is C22H30N2O4S. The minimum Gasteiger partial charge on any atom is -0.497 e. The molecule has 0 radical (unpaired) electrons. The van der Waals surface area contributed by atoms with Gasteiger partial charge in [-0.3, -0.25) is 9.10 Å². The Morgan fingerprint density at radius 1 is 1.00 bits per heavy atom. The summed E-state index contributed by atoms with van der Waals surface area (Å²) in [5, 5.41) is 0. The van der Waals surface area contributed by atoms with Crippen molar-refractivity contribution >= 4 is 21.6 Å². The van der Waals surface area contributed by atoms with Gasteiger partial charge in [-0.15, -0.1) is 0 Å². The molecule has 2 rings (SSSR count). The summed E-state index contributed by atoms with van der Waals surface area (Å²) in [4.78, 5) is 14.4. The van der Waals surface area contributed by atoms with E-state index in [1.165, 1.54) is 4.31 Å². The van der Waals surface area contributed by atoms with Gasteiger partial charge in [0.2, 0.25) is 5.91 Å². The van der Waals surface area contributed by atoms with Gasteiger partial charge in [0.25, 0.3) is 10.0 Å². The van der Waals surface area contributed by atoms with E-state index in [0.29, 0.717) is 30.1 Å². The second kappa shape index (κ2) is 9.78. The van der Waals surface area contributed by atoms with E-state index in [0.717, 1.165) is 5.56 Å². The number of hydrogen-bond acceptors (Lipinski definition) is 4. The van der Waals surface area contributed by atoms with Crippen molar-refractivity contribution in [1.29, 1.82) is 0 Å². The Labute approximate surface area is 174 Å². The van der Waals surface area contributed by atoms with Crippen molar-refractivity contribution in [3.63, 3.8) is 0 Å². The number of sulfonamides is 1. The number of nitrogens with zero attached hydrogens (tertiary/aromatic N) is 2. The van der Waals surface area contributed by atoms with Gasteiger partial charge in [-0.2, -0.15) is 0 Å². The van der Waals surface area contributed by atoms with E-state index in [2.05, 4.69) is 0 Å². The fourth-order valence-corrected chi connectivity index (χ4v) is 4.95. The third kappa shape index (κ3) is 5.29. The van der Waals surface area contributed by atoms with Crippen molar-refractivity contribution in [2.24, 2.45) is 0 Å². The Kier molecular flexibility index (Phi) is 7.67. The molecule has 0 saturated carbocycles. The molecule has 0 N–H and O–H groups in total. The van der Waals surface area contributed by atoms with Gasteiger partial charge in [-0.25, -0.2) is 8.42 Å². The second-order valence-electron chi connectivity index (χ2n) is 6.86. The van der Waals surface area contributed by atoms with Crippen LogP contribution in [-0.2, 0) is 14.8 Å². The van der Waals surface area contributed by atoms with Crippen LogP contribution in [0.5, 0.6) is 5.75 Å². The van der Waals surface area contributed by atoms with Crippen molar-refractivity contribution < 1.29 is 17.9 Å². The smallest absolute Gasteiger partial charge is 0.264 e. The Bertz CT molecular complexity index is 936. The summed E-state index contributed by atoms with van der Waals surface area (Å²) in [5.74, 6) is 0.571. The summed E-state index contributed by atoms with van der Waals surface area (Å²) in [7, 11) is -2.28. The summed E-state index contributed by atoms with van der Waals surface area (Å²) < 4.78 is 33.5. The Morgan fingerprint density at radius 3 is 2.14 bits per heavy atom. The maximum atomic E-state index is 13.5. The highest BCUT2D eigenvalue weighted by Crippen LogP contribution is 2.28. The van der Waals surface area contributed by atoms with Crippen LogP contribution in [0.3, 0.4) is 0 Å². The standard InChI is InChI=1S/C22H30N2O4S/c1-6-23(7-2)22(25)14-15-24(19-9-11-20(28-5)12-10-19)29(26,27)21-13-8-17(3)16-18(21)4/h8-13,16H,6-7,14-15H2,1-5H3. The largest absolute Gasteiger partial charge is 0.497 e. The highest BCUT2D eigenvalue weighted by Gasteiger charge is 2.27. The quantitative estimate of drug-likeness (QED) is 0.622. The molecule has 0 aromatic heterocycles. The normalized spacial score (nSPS) is 11.2. The summed E-state index contributed by atoms with van der Waals surface area (Å²) >= 11 is 0. The van der Waals surface area contributed by atoms with Crippen molar-refractivity contribution in [2.75, 3.05) is 31.0 Å². The molecule has 2 aromatic rings. The van der Waals surface area contributed by atoms with Crippen LogP contribution in [0.4, 0.5) is 5.69 Å². The Morgan fingerprint density at radius 2 is 1.62 bits per heavy atom. The fourth-order valence-electron chi connectivity index (χ4n) is 3.28. The number of carbonyl (C=O) groups is 1. The molecule has 0 spiro atoms. The highest BCUT2D eigenvalue weighted by molar-refractivity contribution is 7.92. The third-order valence-electron chi connectivity index (χ3n) is 4.90. The lowest BCUT2D eigenvalue weighted by molar-refractivity contribution is -0.130. The first kappa shape index (κ1) is 22.7. The van der Waals surface area contributed by atoms with E-state index in [4.69, 9.17) is 4.74 Å². The second-order valence-corrected chi connectivity index (χ2v) is 8.69. The molecule has 2 aromatic carbocycles.